The van der Waals surface area contributed by atoms with E-state index in [1.807, 2.05) is 6.92 Å². The first-order chi connectivity index (χ1) is 8.99. The number of hydrogen-bond donors (Lipinski definition) is 1. The van der Waals surface area contributed by atoms with Crippen LogP contribution in [0.1, 0.15) is 11.1 Å². The van der Waals surface area contributed by atoms with Gasteiger partial charge in [-0.15, -0.1) is 0 Å². The van der Waals surface area contributed by atoms with Crippen molar-refractivity contribution in [2.24, 2.45) is 0 Å². The SMILES string of the molecule is Cc1cc(Cl)c(NCc2cccc(F)c2F)cc1Cl. The molecule has 0 aliphatic heterocycles. The van der Waals surface area contributed by atoms with E-state index in [4.69, 9.17) is 23.2 Å². The topological polar surface area (TPSA) is 12.0 Å². The predicted octanol–water partition coefficient (Wildman–Crippen LogP) is 5.19. The fraction of sp³-hybridized carbons (Fsp3) is 0.143. The van der Waals surface area contributed by atoms with Crippen LogP contribution in [-0.4, -0.2) is 0 Å². The second-order valence-corrected chi connectivity index (χ2v) is 4.96. The fourth-order valence-electron chi connectivity index (χ4n) is 1.66. The Kier molecular flexibility index (Phi) is 4.27. The van der Waals surface area contributed by atoms with Gasteiger partial charge < -0.3 is 5.32 Å². The molecule has 5 heteroatoms. The highest BCUT2D eigenvalue weighted by molar-refractivity contribution is 6.35. The molecule has 2 aromatic rings. The van der Waals surface area contributed by atoms with Gasteiger partial charge in [0.1, 0.15) is 0 Å². The van der Waals surface area contributed by atoms with Gasteiger partial charge in [-0.25, -0.2) is 8.78 Å². The standard InChI is InChI=1S/C14H11Cl2F2N/c1-8-5-11(16)13(6-10(8)15)19-7-9-3-2-4-12(17)14(9)18/h2-6,19H,7H2,1H3. The van der Waals surface area contributed by atoms with Crippen molar-refractivity contribution in [1.29, 1.82) is 0 Å². The lowest BCUT2D eigenvalue weighted by atomic mass is 10.2. The maximum atomic E-state index is 13.5. The smallest absolute Gasteiger partial charge is 0.163 e. The van der Waals surface area contributed by atoms with Crippen molar-refractivity contribution in [3.05, 3.63) is 63.1 Å². The van der Waals surface area contributed by atoms with Crippen molar-refractivity contribution < 1.29 is 8.78 Å². The molecule has 0 aliphatic rings. The number of benzene rings is 2. The molecule has 2 aromatic carbocycles. The van der Waals surface area contributed by atoms with Gasteiger partial charge in [-0.3, -0.25) is 0 Å². The Morgan fingerprint density at radius 3 is 2.58 bits per heavy atom. The molecule has 0 spiro atoms. The highest BCUT2D eigenvalue weighted by Crippen LogP contribution is 2.29. The van der Waals surface area contributed by atoms with Gasteiger partial charge in [0.2, 0.25) is 0 Å². The van der Waals surface area contributed by atoms with Crippen molar-refractivity contribution >= 4 is 28.9 Å². The van der Waals surface area contributed by atoms with Crippen LogP contribution in [0.2, 0.25) is 10.0 Å². The summed E-state index contributed by atoms with van der Waals surface area (Å²) < 4.78 is 26.5. The molecule has 0 aliphatic carbocycles. The molecule has 0 fully saturated rings. The van der Waals surface area contributed by atoms with Crippen LogP contribution >= 0.6 is 23.2 Å². The lowest BCUT2D eigenvalue weighted by Crippen LogP contribution is -2.03. The van der Waals surface area contributed by atoms with E-state index >= 15 is 0 Å². The van der Waals surface area contributed by atoms with Crippen molar-refractivity contribution in [3.63, 3.8) is 0 Å². The average molecular weight is 302 g/mol. The van der Waals surface area contributed by atoms with E-state index in [1.54, 1.807) is 12.1 Å². The summed E-state index contributed by atoms with van der Waals surface area (Å²) in [5.41, 5.74) is 1.67. The van der Waals surface area contributed by atoms with Crippen LogP contribution in [0.4, 0.5) is 14.5 Å². The summed E-state index contributed by atoms with van der Waals surface area (Å²) in [6.45, 7) is 1.97. The third kappa shape index (κ3) is 3.17. The Labute approximate surface area is 120 Å². The summed E-state index contributed by atoms with van der Waals surface area (Å²) in [5.74, 6) is -1.73. The fourth-order valence-corrected chi connectivity index (χ4v) is 2.11. The summed E-state index contributed by atoms with van der Waals surface area (Å²) in [7, 11) is 0. The van der Waals surface area contributed by atoms with Crippen LogP contribution < -0.4 is 5.32 Å². The monoisotopic (exact) mass is 301 g/mol. The Morgan fingerprint density at radius 2 is 1.84 bits per heavy atom. The van der Waals surface area contributed by atoms with E-state index in [-0.39, 0.29) is 12.1 Å². The third-order valence-electron chi connectivity index (χ3n) is 2.75. The number of rotatable bonds is 3. The van der Waals surface area contributed by atoms with E-state index in [1.165, 1.54) is 12.1 Å². The molecule has 0 aromatic heterocycles. The molecule has 0 atom stereocenters. The summed E-state index contributed by atoms with van der Waals surface area (Å²) in [5, 5.41) is 3.99. The van der Waals surface area contributed by atoms with Crippen molar-refractivity contribution in [2.45, 2.75) is 13.5 Å². The van der Waals surface area contributed by atoms with E-state index in [0.29, 0.717) is 15.7 Å². The lowest BCUT2D eigenvalue weighted by Gasteiger charge is -2.11. The molecule has 1 nitrogen and oxygen atoms in total. The Hall–Kier alpha value is -1.32. The quantitative estimate of drug-likeness (QED) is 0.822. The first kappa shape index (κ1) is 14.1. The van der Waals surface area contributed by atoms with Crippen molar-refractivity contribution in [1.82, 2.24) is 0 Å². The zero-order chi connectivity index (χ0) is 14.0. The number of hydrogen-bond acceptors (Lipinski definition) is 1. The molecule has 0 heterocycles. The van der Waals surface area contributed by atoms with Crippen molar-refractivity contribution in [2.75, 3.05) is 5.32 Å². The Bertz CT molecular complexity index is 615. The number of nitrogens with one attached hydrogen (secondary N) is 1. The Morgan fingerprint density at radius 1 is 1.11 bits per heavy atom. The van der Waals surface area contributed by atoms with Gasteiger partial charge >= 0.3 is 0 Å². The first-order valence-electron chi connectivity index (χ1n) is 5.61. The van der Waals surface area contributed by atoms with Gasteiger partial charge in [-0.2, -0.15) is 0 Å². The molecule has 1 N–H and O–H groups in total. The maximum absolute atomic E-state index is 13.5. The lowest BCUT2D eigenvalue weighted by molar-refractivity contribution is 0.500. The number of aryl methyl sites for hydroxylation is 1. The van der Waals surface area contributed by atoms with Crippen LogP contribution in [-0.2, 0) is 6.54 Å². The molecule has 0 radical (unpaired) electrons. The maximum Gasteiger partial charge on any atom is 0.163 e. The van der Waals surface area contributed by atoms with Gasteiger partial charge in [-0.05, 0) is 30.7 Å². The molecule has 0 saturated carbocycles. The first-order valence-corrected chi connectivity index (χ1v) is 6.37. The predicted molar refractivity (Wildman–Crippen MR) is 74.9 cm³/mol. The van der Waals surface area contributed by atoms with Gasteiger partial charge in [0.15, 0.2) is 11.6 Å². The number of halogens is 4. The van der Waals surface area contributed by atoms with E-state index in [0.717, 1.165) is 11.6 Å². The van der Waals surface area contributed by atoms with Crippen LogP contribution in [0.25, 0.3) is 0 Å². The van der Waals surface area contributed by atoms with Crippen LogP contribution in [0.5, 0.6) is 0 Å². The minimum atomic E-state index is -0.868. The highest BCUT2D eigenvalue weighted by atomic mass is 35.5. The third-order valence-corrected chi connectivity index (χ3v) is 3.47. The summed E-state index contributed by atoms with van der Waals surface area (Å²) in [6, 6.07) is 7.42. The second-order valence-electron chi connectivity index (χ2n) is 4.15. The molecular weight excluding hydrogens is 291 g/mol. The van der Waals surface area contributed by atoms with Crippen LogP contribution in [0, 0.1) is 18.6 Å². The van der Waals surface area contributed by atoms with E-state index < -0.39 is 11.6 Å². The van der Waals surface area contributed by atoms with Crippen LogP contribution in [0.15, 0.2) is 30.3 Å². The zero-order valence-corrected chi connectivity index (χ0v) is 11.6. The molecule has 2 rings (SSSR count). The highest BCUT2D eigenvalue weighted by Gasteiger charge is 2.09. The van der Waals surface area contributed by atoms with Gasteiger partial charge in [0.05, 0.1) is 10.7 Å². The molecule has 0 unspecified atom stereocenters. The minimum Gasteiger partial charge on any atom is -0.380 e. The zero-order valence-electron chi connectivity index (χ0n) is 10.1. The average Bonchev–Trinajstić information content (AvgIpc) is 2.37. The normalized spacial score (nSPS) is 10.6. The Balaban J connectivity index is 2.19. The molecule has 0 amide bonds. The van der Waals surface area contributed by atoms with E-state index in [9.17, 15) is 8.78 Å². The number of anilines is 1. The van der Waals surface area contributed by atoms with E-state index in [2.05, 4.69) is 5.32 Å². The van der Waals surface area contributed by atoms with Gasteiger partial charge in [0.25, 0.3) is 0 Å². The van der Waals surface area contributed by atoms with Gasteiger partial charge in [0, 0.05) is 17.1 Å². The minimum absolute atomic E-state index is 0.128. The molecule has 0 saturated heterocycles. The summed E-state index contributed by atoms with van der Waals surface area (Å²) >= 11 is 12.0. The summed E-state index contributed by atoms with van der Waals surface area (Å²) in [6.07, 6.45) is 0. The second kappa shape index (κ2) is 5.76. The molecule has 19 heavy (non-hydrogen) atoms. The largest absolute Gasteiger partial charge is 0.380 e. The molecular formula is C14H11Cl2F2N. The molecule has 100 valence electrons. The van der Waals surface area contributed by atoms with Crippen LogP contribution in [0.3, 0.4) is 0 Å². The van der Waals surface area contributed by atoms with Gasteiger partial charge in [-0.1, -0.05) is 35.3 Å². The summed E-state index contributed by atoms with van der Waals surface area (Å²) in [4.78, 5) is 0. The van der Waals surface area contributed by atoms with Crippen molar-refractivity contribution in [3.8, 4) is 0 Å². The molecule has 0 bridgehead atoms.